The molecule has 25 heteroatoms. The van der Waals surface area contributed by atoms with Gasteiger partial charge in [0.25, 0.3) is 5.91 Å². The zero-order valence-corrected chi connectivity index (χ0v) is 46.9. The first-order valence-electron chi connectivity index (χ1n) is 25.0. The maximum absolute atomic E-state index is 10.4. The standard InChI is InChI=1S/C10H9N.C9H9N.2C8H8N2.C6H7N.C4H5N3.C4H6N2O.C3H5N3O.2C2H4N4/c1-8-6-9-4-2-3-5-10(9)11-7-8;1-10-7-6-8-4-2-3-5-9(8)10;1-10-6-9-7-4-2-3-5-8(7)10;1-10-8-5-3-2-4-7(8)6-9-10;1-6-2-4-7-5-3-6;1-4-2-6-7-3-5-4;1-6-4(7)2-3-5-6;1-6-3(7)2-4-5-6;1-6-2-3-4-5-6;1-6-4-2-3-5-6/h2-7H,1H3;2-7H,1H3;2*2-6H,1H3;2-5H,1H3;2-3H,1H3;3H,2H2,1H3;2H2,1H3;2*2H,1H3. The molecule has 0 aliphatic carbocycles. The molecule has 2 aliphatic rings. The number of hydrogen-bond donors (Lipinski definition) is 0. The molecule has 0 saturated carbocycles. The van der Waals surface area contributed by atoms with Crippen molar-refractivity contribution in [1.82, 2.24) is 99.5 Å². The topological polar surface area (TPSA) is 270 Å². The fourth-order valence-corrected chi connectivity index (χ4v) is 6.51. The second-order valence-corrected chi connectivity index (χ2v) is 17.3. The number of hydrogen-bond acceptors (Lipinski definition) is 18. The summed E-state index contributed by atoms with van der Waals surface area (Å²) in [6.07, 6.45) is 19.3. The van der Waals surface area contributed by atoms with Gasteiger partial charge in [-0.2, -0.15) is 25.2 Å². The zero-order chi connectivity index (χ0) is 58.2. The van der Waals surface area contributed by atoms with Crippen molar-refractivity contribution in [2.24, 2.45) is 50.7 Å². The third kappa shape index (κ3) is 22.0. The van der Waals surface area contributed by atoms with Crippen molar-refractivity contribution in [2.45, 2.75) is 27.2 Å². The highest BCUT2D eigenvalue weighted by molar-refractivity contribution is 5.93. The van der Waals surface area contributed by atoms with Gasteiger partial charge in [0, 0.05) is 89.6 Å². The monoisotopic (exact) mass is 1090 g/mol. The molecule has 0 unspecified atom stereocenters. The Morgan fingerprint density at radius 2 is 1.19 bits per heavy atom. The Kier molecular flexibility index (Phi) is 25.2. The SMILES string of the molecule is CN1N=CCC1=O.CN1N=NCC1=O.Cc1ccncc1.Cc1cnc2ccccc2c1.Cc1cnncn1.Cn1ccc2ccccc21.Cn1cnc2ccccc21.Cn1cnnn1.Cn1ncc2ccccc21.Cn1ncnn1. The first-order valence-corrected chi connectivity index (χ1v) is 25.0. The summed E-state index contributed by atoms with van der Waals surface area (Å²) in [5.41, 5.74) is 9.16. The van der Waals surface area contributed by atoms with Crippen LogP contribution in [0.2, 0.25) is 0 Å². The van der Waals surface area contributed by atoms with Crippen LogP contribution in [0.15, 0.2) is 199 Å². The van der Waals surface area contributed by atoms with Crippen LogP contribution in [0.5, 0.6) is 0 Å². The fourth-order valence-electron chi connectivity index (χ4n) is 6.51. The Morgan fingerprint density at radius 3 is 1.64 bits per heavy atom. The van der Waals surface area contributed by atoms with Crippen molar-refractivity contribution in [3.05, 3.63) is 201 Å². The third-order valence-corrected chi connectivity index (χ3v) is 10.8. The number of carbonyl (C=O) groups is 2. The van der Waals surface area contributed by atoms with Crippen LogP contribution < -0.4 is 0 Å². The number of rotatable bonds is 0. The largest absolute Gasteiger partial charge is 0.351 e. The molecule has 25 nitrogen and oxygen atoms in total. The van der Waals surface area contributed by atoms with E-state index in [2.05, 4.69) is 167 Å². The van der Waals surface area contributed by atoms with E-state index >= 15 is 0 Å². The van der Waals surface area contributed by atoms with Gasteiger partial charge in [-0.3, -0.25) is 24.2 Å². The number of aromatic nitrogens is 18. The van der Waals surface area contributed by atoms with Crippen LogP contribution in [0, 0.1) is 20.8 Å². The van der Waals surface area contributed by atoms with E-state index in [0.29, 0.717) is 6.42 Å². The van der Waals surface area contributed by atoms with Gasteiger partial charge in [-0.05, 0) is 108 Å². The van der Waals surface area contributed by atoms with Crippen molar-refractivity contribution in [3.63, 3.8) is 0 Å². The van der Waals surface area contributed by atoms with Crippen LogP contribution in [0.4, 0.5) is 0 Å². The molecular weight excluding hydrogens is 1030 g/mol. The maximum atomic E-state index is 10.4. The van der Waals surface area contributed by atoms with Crippen molar-refractivity contribution < 1.29 is 9.59 Å². The van der Waals surface area contributed by atoms with Gasteiger partial charge < -0.3 is 9.13 Å². The number of benzene rings is 4. The Morgan fingerprint density at radius 1 is 0.506 bits per heavy atom. The highest BCUT2D eigenvalue weighted by Crippen LogP contribution is 2.14. The van der Waals surface area contributed by atoms with E-state index in [4.69, 9.17) is 0 Å². The van der Waals surface area contributed by atoms with Crippen LogP contribution in [-0.4, -0.2) is 138 Å². The second kappa shape index (κ2) is 33.4. The van der Waals surface area contributed by atoms with Crippen molar-refractivity contribution in [2.75, 3.05) is 20.6 Å². The molecule has 4 aromatic carbocycles. The van der Waals surface area contributed by atoms with E-state index in [1.807, 2.05) is 117 Å². The highest BCUT2D eigenvalue weighted by atomic mass is 16.2. The molecule has 81 heavy (non-hydrogen) atoms. The number of para-hydroxylation sites is 5. The van der Waals surface area contributed by atoms with E-state index in [9.17, 15) is 9.59 Å². The van der Waals surface area contributed by atoms with Gasteiger partial charge in [-0.15, -0.1) is 20.4 Å². The summed E-state index contributed by atoms with van der Waals surface area (Å²) in [7, 11) is 12.7. The molecule has 0 saturated heterocycles. The first kappa shape index (κ1) is 61.1. The van der Waals surface area contributed by atoms with Crippen LogP contribution in [0.25, 0.3) is 43.7 Å². The molecule has 0 spiro atoms. The number of likely N-dealkylation sites (N-methyl/N-ethyl adjacent to an activating group) is 1. The van der Waals surface area contributed by atoms with Gasteiger partial charge in [-0.1, -0.05) is 72.0 Å². The van der Waals surface area contributed by atoms with Crippen molar-refractivity contribution >= 4 is 61.8 Å². The van der Waals surface area contributed by atoms with E-state index in [0.717, 1.165) is 16.7 Å². The minimum atomic E-state index is -0.0417. The predicted molar refractivity (Wildman–Crippen MR) is 310 cm³/mol. The van der Waals surface area contributed by atoms with Gasteiger partial charge in [0.15, 0.2) is 6.33 Å². The highest BCUT2D eigenvalue weighted by Gasteiger charge is 2.11. The molecule has 10 heterocycles. The predicted octanol–water partition coefficient (Wildman–Crippen LogP) is 7.52. The molecule has 12 aromatic rings. The van der Waals surface area contributed by atoms with Gasteiger partial charge in [0.05, 0.1) is 60.0 Å². The summed E-state index contributed by atoms with van der Waals surface area (Å²) < 4.78 is 7.53. The van der Waals surface area contributed by atoms with Gasteiger partial charge >= 0.3 is 0 Å². The first-order chi connectivity index (χ1) is 39.2. The Hall–Kier alpha value is -10.7. The molecule has 0 N–H and O–H groups in total. The lowest BCUT2D eigenvalue weighted by atomic mass is 10.2. The summed E-state index contributed by atoms with van der Waals surface area (Å²) in [5, 5.41) is 48.7. The molecule has 2 aliphatic heterocycles. The number of amides is 2. The van der Waals surface area contributed by atoms with Crippen molar-refractivity contribution in [1.29, 1.82) is 0 Å². The molecule has 14 rings (SSSR count). The number of imidazole rings is 1. The number of tetrazole rings is 2. The van der Waals surface area contributed by atoms with Crippen LogP contribution in [0.1, 0.15) is 23.2 Å². The number of fused-ring (bicyclic) bond motifs is 4. The Bertz CT molecular complexity index is 3480. The lowest BCUT2D eigenvalue weighted by molar-refractivity contribution is -0.127. The maximum Gasteiger partial charge on any atom is 0.267 e. The summed E-state index contributed by atoms with van der Waals surface area (Å²) in [6, 6.07) is 40.9. The molecule has 416 valence electrons. The van der Waals surface area contributed by atoms with Gasteiger partial charge in [0.2, 0.25) is 5.91 Å². The number of nitrogens with zero attached hydrogens (tertiary/aromatic N) is 23. The molecule has 0 fully saturated rings. The minimum Gasteiger partial charge on any atom is -0.351 e. The summed E-state index contributed by atoms with van der Waals surface area (Å²) in [4.78, 5) is 38.2. The summed E-state index contributed by atoms with van der Waals surface area (Å²) in [6.45, 7) is 6.19. The molecule has 2 amide bonds. The van der Waals surface area contributed by atoms with Gasteiger partial charge in [0.1, 0.15) is 19.2 Å². The normalized spacial score (nSPS) is 11.4. The molecule has 0 radical (unpaired) electrons. The summed E-state index contributed by atoms with van der Waals surface area (Å²) in [5.74, 6) is 0.0278. The average molecular weight is 1090 g/mol. The van der Waals surface area contributed by atoms with E-state index < -0.39 is 0 Å². The van der Waals surface area contributed by atoms with Crippen LogP contribution in [0.3, 0.4) is 0 Å². The fraction of sp³-hybridized carbons (Fsp3) is 0.214. The number of aryl methyl sites for hydroxylation is 8. The molecule has 8 aromatic heterocycles. The lowest BCUT2D eigenvalue weighted by Gasteiger charge is -1.98. The molecular formula is C56H65N23O2. The zero-order valence-electron chi connectivity index (χ0n) is 46.9. The van der Waals surface area contributed by atoms with E-state index in [1.165, 1.54) is 82.3 Å². The number of carbonyl (C=O) groups excluding carboxylic acids is 2. The van der Waals surface area contributed by atoms with Crippen molar-refractivity contribution in [3.8, 4) is 0 Å². The quantitative estimate of drug-likeness (QED) is 0.142. The number of hydrazone groups is 1. The Labute approximate surface area is 468 Å². The van der Waals surface area contributed by atoms with Gasteiger partial charge in [-0.25, -0.2) is 24.7 Å². The molecule has 0 bridgehead atoms. The Balaban J connectivity index is 0.000000166. The van der Waals surface area contributed by atoms with Crippen LogP contribution in [-0.2, 0) is 44.8 Å². The molecule has 0 atom stereocenters. The van der Waals surface area contributed by atoms with E-state index in [-0.39, 0.29) is 18.4 Å². The minimum absolute atomic E-state index is 0.0417. The van der Waals surface area contributed by atoms with E-state index in [1.54, 1.807) is 53.0 Å². The second-order valence-electron chi connectivity index (χ2n) is 17.3. The smallest absolute Gasteiger partial charge is 0.267 e. The third-order valence-electron chi connectivity index (χ3n) is 10.8. The van der Waals surface area contributed by atoms with Crippen LogP contribution >= 0.6 is 0 Å². The lowest BCUT2D eigenvalue weighted by Crippen LogP contribution is -2.16. The number of pyridine rings is 2. The summed E-state index contributed by atoms with van der Waals surface area (Å²) >= 11 is 0. The average Bonchev–Trinajstić information content (AvgIpc) is 4.47.